The lowest BCUT2D eigenvalue weighted by atomic mass is 10.1. The maximum absolute atomic E-state index is 7.55. The molecule has 0 fully saturated rings. The lowest BCUT2D eigenvalue weighted by molar-refractivity contribution is 1.42. The third-order valence-electron chi connectivity index (χ3n) is 3.52. The predicted molar refractivity (Wildman–Crippen MR) is 97.2 cm³/mol. The Morgan fingerprint density at radius 3 is 1.52 bits per heavy atom. The van der Waals surface area contributed by atoms with Gasteiger partial charge in [0.15, 0.2) is 0 Å². The van der Waals surface area contributed by atoms with Gasteiger partial charge in [-0.1, -0.05) is 36.4 Å². The average molecular weight is 320 g/mol. The zero-order chi connectivity index (χ0) is 16.4. The van der Waals surface area contributed by atoms with Crippen LogP contribution >= 0.6 is 11.3 Å². The molecule has 3 rings (SSSR count). The number of nitrogen functional groups attached to an aromatic ring is 2. The first-order valence-corrected chi connectivity index (χ1v) is 7.86. The third kappa shape index (κ3) is 3.14. The van der Waals surface area contributed by atoms with E-state index in [0.29, 0.717) is 0 Å². The van der Waals surface area contributed by atoms with Gasteiger partial charge in [0, 0.05) is 20.9 Å². The molecular weight excluding hydrogens is 304 g/mol. The first-order valence-electron chi connectivity index (χ1n) is 7.04. The fourth-order valence-electron chi connectivity index (χ4n) is 2.33. The maximum Gasteiger partial charge on any atom is 0.122 e. The van der Waals surface area contributed by atoms with Crippen LogP contribution in [0.1, 0.15) is 11.1 Å². The van der Waals surface area contributed by atoms with E-state index in [2.05, 4.69) is 12.1 Å². The van der Waals surface area contributed by atoms with Gasteiger partial charge in [0.25, 0.3) is 0 Å². The molecule has 114 valence electrons. The monoisotopic (exact) mass is 320 g/mol. The van der Waals surface area contributed by atoms with Gasteiger partial charge in [-0.3, -0.25) is 10.8 Å². The predicted octanol–water partition coefficient (Wildman–Crippen LogP) is 3.65. The van der Waals surface area contributed by atoms with Crippen molar-refractivity contribution in [3.63, 3.8) is 0 Å². The van der Waals surface area contributed by atoms with Crippen molar-refractivity contribution in [2.24, 2.45) is 11.5 Å². The summed E-state index contributed by atoms with van der Waals surface area (Å²) < 4.78 is 0. The van der Waals surface area contributed by atoms with Crippen LogP contribution in [0.4, 0.5) is 0 Å². The Hall–Kier alpha value is -2.92. The minimum Gasteiger partial charge on any atom is -0.384 e. The molecule has 0 saturated carbocycles. The number of rotatable bonds is 4. The summed E-state index contributed by atoms with van der Waals surface area (Å²) in [5, 5.41) is 15.1. The zero-order valence-electron chi connectivity index (χ0n) is 12.3. The van der Waals surface area contributed by atoms with E-state index in [0.717, 1.165) is 32.0 Å². The van der Waals surface area contributed by atoms with Crippen molar-refractivity contribution in [3.05, 3.63) is 71.8 Å². The molecule has 3 aromatic rings. The average Bonchev–Trinajstić information content (AvgIpc) is 3.05. The second-order valence-electron chi connectivity index (χ2n) is 5.15. The van der Waals surface area contributed by atoms with Gasteiger partial charge in [-0.2, -0.15) is 0 Å². The fourth-order valence-corrected chi connectivity index (χ4v) is 3.33. The summed E-state index contributed by atoms with van der Waals surface area (Å²) in [4.78, 5) is 2.22. The van der Waals surface area contributed by atoms with Crippen LogP contribution in [0.25, 0.3) is 20.9 Å². The number of hydrogen-bond donors (Lipinski definition) is 4. The van der Waals surface area contributed by atoms with E-state index >= 15 is 0 Å². The highest BCUT2D eigenvalue weighted by molar-refractivity contribution is 7.18. The van der Waals surface area contributed by atoms with Gasteiger partial charge in [-0.05, 0) is 35.4 Å². The van der Waals surface area contributed by atoms with Crippen LogP contribution in [-0.4, -0.2) is 11.7 Å². The van der Waals surface area contributed by atoms with Crippen molar-refractivity contribution in [1.82, 2.24) is 0 Å². The molecule has 0 aliphatic rings. The first kappa shape index (κ1) is 15.0. The molecule has 0 radical (unpaired) electrons. The van der Waals surface area contributed by atoms with E-state index in [1.807, 2.05) is 48.5 Å². The molecule has 5 heteroatoms. The molecule has 2 aromatic carbocycles. The summed E-state index contributed by atoms with van der Waals surface area (Å²) in [5.74, 6) is 0.135. The lowest BCUT2D eigenvalue weighted by Gasteiger charge is -2.03. The zero-order valence-corrected chi connectivity index (χ0v) is 13.2. The van der Waals surface area contributed by atoms with Crippen LogP contribution in [0, 0.1) is 10.8 Å². The largest absolute Gasteiger partial charge is 0.384 e. The highest BCUT2D eigenvalue weighted by Gasteiger charge is 2.07. The summed E-state index contributed by atoms with van der Waals surface area (Å²) >= 11 is 1.66. The number of thiophene rings is 1. The third-order valence-corrected chi connectivity index (χ3v) is 4.71. The second-order valence-corrected chi connectivity index (χ2v) is 6.24. The molecule has 6 N–H and O–H groups in total. The van der Waals surface area contributed by atoms with Crippen molar-refractivity contribution in [2.75, 3.05) is 0 Å². The van der Waals surface area contributed by atoms with Crippen molar-refractivity contribution < 1.29 is 0 Å². The molecule has 0 aliphatic carbocycles. The number of nitrogens with one attached hydrogen (secondary N) is 2. The number of hydrogen-bond acceptors (Lipinski definition) is 3. The van der Waals surface area contributed by atoms with Crippen molar-refractivity contribution in [3.8, 4) is 20.9 Å². The van der Waals surface area contributed by atoms with Gasteiger partial charge >= 0.3 is 0 Å². The Balaban J connectivity index is 1.97. The SMILES string of the molecule is N=C(N)c1cccc(-c2ccc(-c3cccc(C(=N)N)c3)s2)c1. The molecular formula is C18H16N4S. The van der Waals surface area contributed by atoms with E-state index in [1.165, 1.54) is 0 Å². The lowest BCUT2D eigenvalue weighted by Crippen LogP contribution is -2.10. The van der Waals surface area contributed by atoms with Crippen LogP contribution in [0.5, 0.6) is 0 Å². The van der Waals surface area contributed by atoms with Gasteiger partial charge in [0.1, 0.15) is 11.7 Å². The van der Waals surface area contributed by atoms with Gasteiger partial charge in [-0.15, -0.1) is 11.3 Å². The van der Waals surface area contributed by atoms with Crippen molar-refractivity contribution in [1.29, 1.82) is 10.8 Å². The second kappa shape index (κ2) is 6.06. The summed E-state index contributed by atoms with van der Waals surface area (Å²) in [5.41, 5.74) is 14.6. The fraction of sp³-hybridized carbons (Fsp3) is 0. The molecule has 0 atom stereocenters. The summed E-state index contributed by atoms with van der Waals surface area (Å²) in [6.07, 6.45) is 0. The van der Waals surface area contributed by atoms with E-state index in [-0.39, 0.29) is 11.7 Å². The molecule has 4 nitrogen and oxygen atoms in total. The smallest absolute Gasteiger partial charge is 0.122 e. The number of amidine groups is 2. The Labute approximate surface area is 138 Å². The van der Waals surface area contributed by atoms with E-state index in [9.17, 15) is 0 Å². The van der Waals surface area contributed by atoms with Gasteiger partial charge in [0.2, 0.25) is 0 Å². The summed E-state index contributed by atoms with van der Waals surface area (Å²) in [7, 11) is 0. The van der Waals surface area contributed by atoms with Crippen LogP contribution < -0.4 is 11.5 Å². The van der Waals surface area contributed by atoms with Gasteiger partial charge in [-0.25, -0.2) is 0 Å². The van der Waals surface area contributed by atoms with E-state index in [4.69, 9.17) is 22.3 Å². The molecule has 23 heavy (non-hydrogen) atoms. The van der Waals surface area contributed by atoms with Crippen LogP contribution in [0.15, 0.2) is 60.7 Å². The number of nitrogens with two attached hydrogens (primary N) is 2. The quantitative estimate of drug-likeness (QED) is 0.436. The normalized spacial score (nSPS) is 10.4. The Morgan fingerprint density at radius 1 is 0.696 bits per heavy atom. The summed E-state index contributed by atoms with van der Waals surface area (Å²) in [6.45, 7) is 0. The highest BCUT2D eigenvalue weighted by Crippen LogP contribution is 2.34. The Kier molecular flexibility index (Phi) is 3.95. The van der Waals surface area contributed by atoms with E-state index in [1.54, 1.807) is 11.3 Å². The standard InChI is InChI=1S/C18H16N4S/c19-17(20)13-5-1-3-11(9-13)15-7-8-16(23-15)12-4-2-6-14(10-12)18(21)22/h1-10H,(H3,19,20)(H3,21,22). The highest BCUT2D eigenvalue weighted by atomic mass is 32.1. The molecule has 0 saturated heterocycles. The minimum atomic E-state index is 0.0674. The molecule has 0 unspecified atom stereocenters. The number of benzene rings is 2. The Morgan fingerprint density at radius 2 is 1.13 bits per heavy atom. The maximum atomic E-state index is 7.55. The van der Waals surface area contributed by atoms with Gasteiger partial charge < -0.3 is 11.5 Å². The minimum absolute atomic E-state index is 0.0674. The molecule has 0 bridgehead atoms. The molecule has 0 amide bonds. The molecule has 1 aromatic heterocycles. The van der Waals surface area contributed by atoms with Crippen LogP contribution in [0.3, 0.4) is 0 Å². The van der Waals surface area contributed by atoms with Crippen LogP contribution in [-0.2, 0) is 0 Å². The van der Waals surface area contributed by atoms with Crippen molar-refractivity contribution >= 4 is 23.0 Å². The van der Waals surface area contributed by atoms with Gasteiger partial charge in [0.05, 0.1) is 0 Å². The van der Waals surface area contributed by atoms with Crippen molar-refractivity contribution in [2.45, 2.75) is 0 Å². The molecule has 1 heterocycles. The summed E-state index contributed by atoms with van der Waals surface area (Å²) in [6, 6.07) is 19.4. The Bertz CT molecular complexity index is 823. The topological polar surface area (TPSA) is 99.7 Å². The first-order chi connectivity index (χ1) is 11.0. The van der Waals surface area contributed by atoms with Crippen LogP contribution in [0.2, 0.25) is 0 Å². The molecule has 0 aliphatic heterocycles. The molecule has 0 spiro atoms. The van der Waals surface area contributed by atoms with E-state index < -0.39 is 0 Å².